The number of carbonyl (C=O) groups excluding carboxylic acids is 1. The second-order valence-corrected chi connectivity index (χ2v) is 11.7. The van der Waals surface area contributed by atoms with Gasteiger partial charge in [0, 0.05) is 21.0 Å². The molecular formula is C21H22BrN3O6S2. The van der Waals surface area contributed by atoms with Gasteiger partial charge in [-0.05, 0) is 62.4 Å². The largest absolute Gasteiger partial charge is 0.457 e. The summed E-state index contributed by atoms with van der Waals surface area (Å²) < 4.78 is 38.9. The minimum absolute atomic E-state index is 0.0568. The molecular weight excluding hydrogens is 534 g/mol. The predicted octanol–water partition coefficient (Wildman–Crippen LogP) is 4.09. The molecule has 1 heterocycles. The molecule has 0 saturated carbocycles. The number of hydrogen-bond acceptors (Lipinski definition) is 8. The molecule has 3 N–H and O–H groups in total. The van der Waals surface area contributed by atoms with E-state index in [0.29, 0.717) is 22.9 Å². The van der Waals surface area contributed by atoms with E-state index in [9.17, 15) is 18.4 Å². The fourth-order valence-corrected chi connectivity index (χ4v) is 5.46. The summed E-state index contributed by atoms with van der Waals surface area (Å²) in [7, 11) is -4.10. The van der Waals surface area contributed by atoms with Crippen LogP contribution in [-0.4, -0.2) is 35.5 Å². The van der Waals surface area contributed by atoms with Gasteiger partial charge in [-0.3, -0.25) is 10.0 Å². The Labute approximate surface area is 204 Å². The Morgan fingerprint density at radius 3 is 2.30 bits per heavy atom. The van der Waals surface area contributed by atoms with Crippen molar-refractivity contribution in [2.75, 3.05) is 0 Å². The fourth-order valence-electron chi connectivity index (χ4n) is 2.78. The zero-order valence-electron chi connectivity index (χ0n) is 17.7. The molecule has 1 aromatic heterocycles. The van der Waals surface area contributed by atoms with Crippen molar-refractivity contribution in [3.63, 3.8) is 0 Å². The van der Waals surface area contributed by atoms with E-state index in [4.69, 9.17) is 9.26 Å². The Balaban J connectivity index is 1.74. The van der Waals surface area contributed by atoms with E-state index in [1.807, 2.05) is 12.1 Å². The van der Waals surface area contributed by atoms with Crippen LogP contribution in [0.2, 0.25) is 0 Å². The van der Waals surface area contributed by atoms with Gasteiger partial charge in [-0.2, -0.15) is 4.72 Å². The molecule has 0 aliphatic heterocycles. The molecule has 0 fully saturated rings. The first-order valence-electron chi connectivity index (χ1n) is 9.64. The zero-order chi connectivity index (χ0) is 24.1. The quantitative estimate of drug-likeness (QED) is 0.252. The third-order valence-electron chi connectivity index (χ3n) is 4.61. The lowest BCUT2D eigenvalue weighted by atomic mass is 10.0. The smallest absolute Gasteiger partial charge is 0.262 e. The van der Waals surface area contributed by atoms with E-state index in [2.05, 4.69) is 25.8 Å². The Morgan fingerprint density at radius 2 is 1.76 bits per heavy atom. The first-order valence-corrected chi connectivity index (χ1v) is 12.9. The maximum atomic E-state index is 13.0. The van der Waals surface area contributed by atoms with E-state index in [0.717, 1.165) is 4.47 Å². The highest BCUT2D eigenvalue weighted by Crippen LogP contribution is 2.32. The topological polar surface area (TPSA) is 131 Å². The normalized spacial score (nSPS) is 12.8. The van der Waals surface area contributed by atoms with E-state index in [1.54, 1.807) is 37.5 Å². The van der Waals surface area contributed by atoms with Gasteiger partial charge in [0.15, 0.2) is 0 Å². The average Bonchev–Trinajstić information content (AvgIpc) is 3.31. The Hall–Kier alpha value is -2.38. The summed E-state index contributed by atoms with van der Waals surface area (Å²) in [5.41, 5.74) is 2.18. The number of sulfonamides is 1. The molecule has 3 aromatic rings. The number of benzene rings is 2. The average molecular weight is 556 g/mol. The van der Waals surface area contributed by atoms with Crippen molar-refractivity contribution < 1.29 is 27.7 Å². The minimum Gasteiger partial charge on any atom is -0.457 e. The highest BCUT2D eigenvalue weighted by Gasteiger charge is 2.39. The molecule has 12 heteroatoms. The van der Waals surface area contributed by atoms with Gasteiger partial charge in [0.05, 0.1) is 10.6 Å². The van der Waals surface area contributed by atoms with Gasteiger partial charge in [0.2, 0.25) is 10.0 Å². The number of halogens is 1. The Morgan fingerprint density at radius 1 is 1.15 bits per heavy atom. The summed E-state index contributed by atoms with van der Waals surface area (Å²) in [6, 6.07) is 13.4. The standard InChI is InChI=1S/C21H22BrN3O6S2/c1-21(2,32-13-15-11-12-30-24-15)19(20(26)23-27)25-33(28,29)18-9-7-17(8-10-18)31-16-5-3-14(22)4-6-16/h3-12,19,25,27H,13H2,1-2H3,(H,23,26). The second kappa shape index (κ2) is 10.7. The SMILES string of the molecule is CC(C)(SCc1ccon1)C(NS(=O)(=O)c1ccc(Oc2ccc(Br)cc2)cc1)C(=O)NO. The van der Waals surface area contributed by atoms with Crippen LogP contribution in [0.4, 0.5) is 0 Å². The van der Waals surface area contributed by atoms with E-state index in [-0.39, 0.29) is 4.90 Å². The lowest BCUT2D eigenvalue weighted by Gasteiger charge is -2.32. The molecule has 2 aromatic carbocycles. The Kier molecular flexibility index (Phi) is 8.19. The second-order valence-electron chi connectivity index (χ2n) is 7.44. The van der Waals surface area contributed by atoms with Crippen LogP contribution < -0.4 is 14.9 Å². The van der Waals surface area contributed by atoms with Gasteiger partial charge in [0.25, 0.3) is 5.91 Å². The third-order valence-corrected chi connectivity index (χ3v) is 7.99. The molecule has 0 spiro atoms. The fraction of sp³-hybridized carbons (Fsp3) is 0.238. The van der Waals surface area contributed by atoms with Gasteiger partial charge in [-0.1, -0.05) is 21.1 Å². The molecule has 1 atom stereocenters. The van der Waals surface area contributed by atoms with Gasteiger partial charge in [-0.15, -0.1) is 11.8 Å². The summed E-state index contributed by atoms with van der Waals surface area (Å²) in [5, 5.41) is 13.0. The highest BCUT2D eigenvalue weighted by molar-refractivity contribution is 9.10. The predicted molar refractivity (Wildman–Crippen MR) is 127 cm³/mol. The van der Waals surface area contributed by atoms with Crippen LogP contribution in [0.1, 0.15) is 19.5 Å². The summed E-state index contributed by atoms with van der Waals surface area (Å²) in [4.78, 5) is 12.3. The molecule has 9 nitrogen and oxygen atoms in total. The van der Waals surface area contributed by atoms with Crippen LogP contribution in [-0.2, 0) is 20.6 Å². The number of nitrogens with one attached hydrogen (secondary N) is 2. The summed E-state index contributed by atoms with van der Waals surface area (Å²) in [5.74, 6) is 0.538. The molecule has 0 radical (unpaired) electrons. The van der Waals surface area contributed by atoms with E-state index < -0.39 is 26.7 Å². The molecule has 0 aliphatic carbocycles. The maximum Gasteiger partial charge on any atom is 0.262 e. The number of hydrogen-bond donors (Lipinski definition) is 3. The highest BCUT2D eigenvalue weighted by atomic mass is 79.9. The number of rotatable bonds is 10. The molecule has 33 heavy (non-hydrogen) atoms. The molecule has 3 rings (SSSR count). The number of amides is 1. The zero-order valence-corrected chi connectivity index (χ0v) is 20.9. The van der Waals surface area contributed by atoms with Crippen LogP contribution in [0.5, 0.6) is 11.5 Å². The number of thioether (sulfide) groups is 1. The van der Waals surface area contributed by atoms with E-state index >= 15 is 0 Å². The molecule has 0 saturated heterocycles. The monoisotopic (exact) mass is 555 g/mol. The van der Waals surface area contributed by atoms with Gasteiger partial charge < -0.3 is 9.26 Å². The lowest BCUT2D eigenvalue weighted by molar-refractivity contribution is -0.131. The van der Waals surface area contributed by atoms with Crippen LogP contribution in [0.25, 0.3) is 0 Å². The van der Waals surface area contributed by atoms with Crippen LogP contribution in [0.15, 0.2) is 74.8 Å². The van der Waals surface area contributed by atoms with Crippen molar-refractivity contribution in [1.29, 1.82) is 0 Å². The summed E-state index contributed by atoms with van der Waals surface area (Å²) in [6.45, 7) is 3.38. The van der Waals surface area contributed by atoms with Crippen LogP contribution >= 0.6 is 27.7 Å². The molecule has 1 amide bonds. The van der Waals surface area contributed by atoms with Crippen LogP contribution in [0, 0.1) is 0 Å². The summed E-state index contributed by atoms with van der Waals surface area (Å²) >= 11 is 4.63. The molecule has 0 bridgehead atoms. The van der Waals surface area contributed by atoms with Crippen molar-refractivity contribution >= 4 is 43.6 Å². The van der Waals surface area contributed by atoms with Crippen LogP contribution in [0.3, 0.4) is 0 Å². The van der Waals surface area contributed by atoms with Gasteiger partial charge in [0.1, 0.15) is 23.8 Å². The van der Waals surface area contributed by atoms with Crippen molar-refractivity contribution in [3.8, 4) is 11.5 Å². The first-order chi connectivity index (χ1) is 15.6. The maximum absolute atomic E-state index is 13.0. The molecule has 176 valence electrons. The molecule has 0 aliphatic rings. The Bertz CT molecular complexity index is 1170. The first kappa shape index (κ1) is 25.2. The van der Waals surface area contributed by atoms with Crippen molar-refractivity contribution in [2.24, 2.45) is 0 Å². The number of nitrogens with zero attached hydrogens (tertiary/aromatic N) is 1. The summed E-state index contributed by atoms with van der Waals surface area (Å²) in [6.07, 6.45) is 1.42. The lowest BCUT2D eigenvalue weighted by Crippen LogP contribution is -2.55. The van der Waals surface area contributed by atoms with Crippen molar-refractivity contribution in [1.82, 2.24) is 15.4 Å². The van der Waals surface area contributed by atoms with Crippen molar-refractivity contribution in [2.45, 2.75) is 35.3 Å². The number of ether oxygens (including phenoxy) is 1. The number of carbonyl (C=O) groups is 1. The molecule has 1 unspecified atom stereocenters. The van der Waals surface area contributed by atoms with Gasteiger partial charge in [-0.25, -0.2) is 13.9 Å². The van der Waals surface area contributed by atoms with Gasteiger partial charge >= 0.3 is 0 Å². The minimum atomic E-state index is -4.10. The number of aromatic nitrogens is 1. The van der Waals surface area contributed by atoms with E-state index in [1.165, 1.54) is 42.3 Å². The third kappa shape index (κ3) is 6.81. The number of hydroxylamine groups is 1. The van der Waals surface area contributed by atoms with Crippen molar-refractivity contribution in [3.05, 3.63) is 71.0 Å².